The van der Waals surface area contributed by atoms with E-state index in [1.54, 1.807) is 0 Å². The molecule has 106 valence electrons. The van der Waals surface area contributed by atoms with Crippen LogP contribution in [0.15, 0.2) is 51.5 Å². The predicted molar refractivity (Wildman–Crippen MR) is 80.0 cm³/mol. The van der Waals surface area contributed by atoms with Crippen LogP contribution in [0.5, 0.6) is 11.5 Å². The number of phenols is 2. The largest absolute Gasteiger partial charge is 0.508 e. The van der Waals surface area contributed by atoms with Crippen LogP contribution in [-0.4, -0.2) is 20.4 Å². The number of aromatic hydroxyl groups is 2. The molecule has 1 heterocycles. The number of aromatic nitrogens is 2. The summed E-state index contributed by atoms with van der Waals surface area (Å²) in [5, 5.41) is 23.1. The molecule has 2 N–H and O–H groups in total. The standard InChI is InChI=1S/C15H11BrN2O3/c16-10-3-1-2-9(6-10)7-14-17-15(21-18-14)12-8-11(19)4-5-13(12)20/h1-6,8,19-20H,7H2. The number of halogens is 1. The van der Waals surface area contributed by atoms with Crippen molar-refractivity contribution in [3.05, 3.63) is 58.3 Å². The molecule has 0 atom stereocenters. The minimum absolute atomic E-state index is 0.0227. The quantitative estimate of drug-likeness (QED) is 0.709. The smallest absolute Gasteiger partial charge is 0.261 e. The Morgan fingerprint density at radius 2 is 1.95 bits per heavy atom. The van der Waals surface area contributed by atoms with Crippen molar-refractivity contribution in [3.8, 4) is 23.0 Å². The second kappa shape index (κ2) is 5.57. The van der Waals surface area contributed by atoms with E-state index in [-0.39, 0.29) is 17.4 Å². The summed E-state index contributed by atoms with van der Waals surface area (Å²) in [4.78, 5) is 4.24. The Kier molecular flexibility index (Phi) is 3.62. The minimum Gasteiger partial charge on any atom is -0.508 e. The van der Waals surface area contributed by atoms with Crippen molar-refractivity contribution in [1.29, 1.82) is 0 Å². The van der Waals surface area contributed by atoms with Gasteiger partial charge in [0.05, 0.1) is 5.56 Å². The fraction of sp³-hybridized carbons (Fsp3) is 0.0667. The van der Waals surface area contributed by atoms with Crippen molar-refractivity contribution < 1.29 is 14.7 Å². The molecule has 3 aromatic rings. The van der Waals surface area contributed by atoms with Crippen LogP contribution in [0.25, 0.3) is 11.5 Å². The minimum atomic E-state index is -0.0227. The fourth-order valence-corrected chi connectivity index (χ4v) is 2.41. The highest BCUT2D eigenvalue weighted by molar-refractivity contribution is 9.10. The van der Waals surface area contributed by atoms with Crippen LogP contribution in [0.1, 0.15) is 11.4 Å². The van der Waals surface area contributed by atoms with Gasteiger partial charge in [-0.15, -0.1) is 0 Å². The average molecular weight is 347 g/mol. The summed E-state index contributed by atoms with van der Waals surface area (Å²) < 4.78 is 6.13. The zero-order chi connectivity index (χ0) is 14.8. The van der Waals surface area contributed by atoms with Gasteiger partial charge in [-0.2, -0.15) is 4.98 Å². The highest BCUT2D eigenvalue weighted by Crippen LogP contribution is 2.31. The summed E-state index contributed by atoms with van der Waals surface area (Å²) in [6.07, 6.45) is 0.516. The van der Waals surface area contributed by atoms with E-state index in [4.69, 9.17) is 4.52 Å². The number of hydrogen-bond donors (Lipinski definition) is 2. The fourth-order valence-electron chi connectivity index (χ4n) is 1.96. The van der Waals surface area contributed by atoms with Crippen LogP contribution in [0.2, 0.25) is 0 Å². The zero-order valence-corrected chi connectivity index (χ0v) is 12.4. The predicted octanol–water partition coefficient (Wildman–Crippen LogP) is 3.50. The lowest BCUT2D eigenvalue weighted by Gasteiger charge is -1.99. The first kappa shape index (κ1) is 13.6. The molecule has 0 saturated heterocycles. The van der Waals surface area contributed by atoms with Gasteiger partial charge in [-0.25, -0.2) is 0 Å². The van der Waals surface area contributed by atoms with Crippen molar-refractivity contribution >= 4 is 15.9 Å². The van der Waals surface area contributed by atoms with Gasteiger partial charge >= 0.3 is 0 Å². The van der Waals surface area contributed by atoms with Gasteiger partial charge in [0.1, 0.15) is 11.5 Å². The van der Waals surface area contributed by atoms with Gasteiger partial charge in [0, 0.05) is 10.9 Å². The normalized spacial score (nSPS) is 10.7. The highest BCUT2D eigenvalue weighted by atomic mass is 79.9. The molecule has 0 unspecified atom stereocenters. The molecular formula is C15H11BrN2O3. The maximum Gasteiger partial charge on any atom is 0.261 e. The van der Waals surface area contributed by atoms with Gasteiger partial charge in [-0.1, -0.05) is 33.2 Å². The van der Waals surface area contributed by atoms with Gasteiger partial charge in [0.15, 0.2) is 5.82 Å². The molecule has 0 aliphatic heterocycles. The summed E-state index contributed by atoms with van der Waals surface area (Å²) in [5.74, 6) is 0.680. The van der Waals surface area contributed by atoms with E-state index in [1.807, 2.05) is 24.3 Å². The second-order valence-electron chi connectivity index (χ2n) is 4.52. The van der Waals surface area contributed by atoms with E-state index in [9.17, 15) is 10.2 Å². The monoisotopic (exact) mass is 346 g/mol. The first-order valence-corrected chi connectivity index (χ1v) is 7.00. The van der Waals surface area contributed by atoms with Crippen molar-refractivity contribution in [2.24, 2.45) is 0 Å². The number of rotatable bonds is 3. The maximum absolute atomic E-state index is 9.78. The van der Waals surface area contributed by atoms with Crippen LogP contribution in [0.3, 0.4) is 0 Å². The molecule has 2 aromatic carbocycles. The SMILES string of the molecule is Oc1ccc(O)c(-c2nc(Cc3cccc(Br)c3)no2)c1. The first-order valence-electron chi connectivity index (χ1n) is 6.21. The molecule has 0 aliphatic carbocycles. The van der Waals surface area contributed by atoms with Crippen LogP contribution < -0.4 is 0 Å². The number of phenolic OH excluding ortho intramolecular Hbond substituents is 2. The van der Waals surface area contributed by atoms with Gasteiger partial charge < -0.3 is 14.7 Å². The molecular weight excluding hydrogens is 336 g/mol. The molecule has 0 radical (unpaired) electrons. The Balaban J connectivity index is 1.88. The van der Waals surface area contributed by atoms with E-state index in [2.05, 4.69) is 26.1 Å². The molecule has 0 fully saturated rings. The average Bonchev–Trinajstić information content (AvgIpc) is 2.90. The van der Waals surface area contributed by atoms with Gasteiger partial charge in [-0.3, -0.25) is 0 Å². The summed E-state index contributed by atoms with van der Waals surface area (Å²) in [5.41, 5.74) is 1.35. The zero-order valence-electron chi connectivity index (χ0n) is 10.8. The van der Waals surface area contributed by atoms with Crippen molar-refractivity contribution in [2.45, 2.75) is 6.42 Å². The third-order valence-corrected chi connectivity index (χ3v) is 3.42. The summed E-state index contributed by atoms with van der Waals surface area (Å²) in [7, 11) is 0. The first-order chi connectivity index (χ1) is 10.1. The van der Waals surface area contributed by atoms with Crippen LogP contribution in [-0.2, 0) is 6.42 Å². The lowest BCUT2D eigenvalue weighted by Crippen LogP contribution is -1.90. The molecule has 1 aromatic heterocycles. The molecule has 5 nitrogen and oxygen atoms in total. The third kappa shape index (κ3) is 3.05. The third-order valence-electron chi connectivity index (χ3n) is 2.93. The summed E-state index contributed by atoms with van der Waals surface area (Å²) in [6, 6.07) is 12.0. The van der Waals surface area contributed by atoms with Gasteiger partial charge in [0.25, 0.3) is 5.89 Å². The Labute approximate surface area is 129 Å². The summed E-state index contributed by atoms with van der Waals surface area (Å²) >= 11 is 3.41. The van der Waals surface area contributed by atoms with E-state index in [1.165, 1.54) is 18.2 Å². The molecule has 3 rings (SSSR count). The Morgan fingerprint density at radius 1 is 1.10 bits per heavy atom. The van der Waals surface area contributed by atoms with Crippen LogP contribution >= 0.6 is 15.9 Å². The molecule has 0 spiro atoms. The van der Waals surface area contributed by atoms with Crippen molar-refractivity contribution in [1.82, 2.24) is 10.1 Å². The number of nitrogens with zero attached hydrogens (tertiary/aromatic N) is 2. The highest BCUT2D eigenvalue weighted by Gasteiger charge is 2.14. The lowest BCUT2D eigenvalue weighted by atomic mass is 10.1. The number of benzene rings is 2. The van der Waals surface area contributed by atoms with E-state index < -0.39 is 0 Å². The van der Waals surface area contributed by atoms with Crippen LogP contribution in [0, 0.1) is 0 Å². The Hall–Kier alpha value is -2.34. The summed E-state index contributed by atoms with van der Waals surface area (Å²) in [6.45, 7) is 0. The van der Waals surface area contributed by atoms with Crippen molar-refractivity contribution in [3.63, 3.8) is 0 Å². The topological polar surface area (TPSA) is 79.4 Å². The maximum atomic E-state index is 9.78. The molecule has 0 bridgehead atoms. The van der Waals surface area contributed by atoms with Gasteiger partial charge in [0.2, 0.25) is 0 Å². The lowest BCUT2D eigenvalue weighted by molar-refractivity contribution is 0.417. The van der Waals surface area contributed by atoms with Gasteiger partial charge in [-0.05, 0) is 35.9 Å². The molecule has 0 amide bonds. The molecule has 0 aliphatic rings. The number of hydrogen-bond acceptors (Lipinski definition) is 5. The van der Waals surface area contributed by atoms with Crippen LogP contribution in [0.4, 0.5) is 0 Å². The van der Waals surface area contributed by atoms with E-state index in [0.717, 1.165) is 10.0 Å². The molecule has 6 heteroatoms. The van der Waals surface area contributed by atoms with E-state index in [0.29, 0.717) is 17.8 Å². The Morgan fingerprint density at radius 3 is 2.76 bits per heavy atom. The Bertz CT molecular complexity index is 786. The molecule has 0 saturated carbocycles. The molecule has 21 heavy (non-hydrogen) atoms. The van der Waals surface area contributed by atoms with Crippen molar-refractivity contribution in [2.75, 3.05) is 0 Å². The van der Waals surface area contributed by atoms with E-state index >= 15 is 0 Å². The second-order valence-corrected chi connectivity index (χ2v) is 5.44.